The van der Waals surface area contributed by atoms with Gasteiger partial charge in [0, 0.05) is 49.8 Å². The molecule has 2 heterocycles. The van der Waals surface area contributed by atoms with Crippen LogP contribution in [0.25, 0.3) is 0 Å². The van der Waals surface area contributed by atoms with Gasteiger partial charge in [0.05, 0.1) is 0 Å². The number of thioether (sulfide) groups is 1. The number of piperazine rings is 1. The maximum absolute atomic E-state index is 2.55. The van der Waals surface area contributed by atoms with Gasteiger partial charge in [-0.2, -0.15) is 11.8 Å². The molecule has 2 aliphatic heterocycles. The van der Waals surface area contributed by atoms with Gasteiger partial charge in [0.15, 0.2) is 0 Å². The number of likely N-dealkylation sites (N-methyl/N-ethyl adjacent to an activating group) is 3. The molecule has 0 aromatic carbocycles. The predicted octanol–water partition coefficient (Wildman–Crippen LogP) is 0.279. The first-order valence-corrected chi connectivity index (χ1v) is 7.00. The van der Waals surface area contributed by atoms with Gasteiger partial charge in [0.1, 0.15) is 0 Å². The van der Waals surface area contributed by atoms with E-state index in [1.54, 1.807) is 0 Å². The topological polar surface area (TPSA) is 9.72 Å². The van der Waals surface area contributed by atoms with Crippen molar-refractivity contribution in [1.29, 1.82) is 0 Å². The SMILES string of the molecule is CN1CCN(C)C(C2CSCCN2C)C1. The highest BCUT2D eigenvalue weighted by molar-refractivity contribution is 7.99. The highest BCUT2D eigenvalue weighted by Gasteiger charge is 2.33. The van der Waals surface area contributed by atoms with Gasteiger partial charge in [-0.25, -0.2) is 0 Å². The van der Waals surface area contributed by atoms with E-state index < -0.39 is 0 Å². The van der Waals surface area contributed by atoms with Gasteiger partial charge >= 0.3 is 0 Å². The van der Waals surface area contributed by atoms with Crippen LogP contribution in [0, 0.1) is 0 Å². The van der Waals surface area contributed by atoms with Gasteiger partial charge in [-0.15, -0.1) is 0 Å². The van der Waals surface area contributed by atoms with Crippen LogP contribution in [0.1, 0.15) is 0 Å². The number of hydrogen-bond donors (Lipinski definition) is 0. The zero-order valence-corrected chi connectivity index (χ0v) is 11.0. The third-order valence-corrected chi connectivity index (χ3v) is 4.84. The summed E-state index contributed by atoms with van der Waals surface area (Å²) in [5.74, 6) is 2.61. The minimum atomic E-state index is 0.724. The van der Waals surface area contributed by atoms with Gasteiger partial charge < -0.3 is 9.80 Å². The first-order valence-electron chi connectivity index (χ1n) is 5.85. The quantitative estimate of drug-likeness (QED) is 0.639. The number of hydrogen-bond acceptors (Lipinski definition) is 4. The molecule has 2 aliphatic rings. The van der Waals surface area contributed by atoms with Crippen molar-refractivity contribution in [3.63, 3.8) is 0 Å². The average Bonchev–Trinajstić information content (AvgIpc) is 2.23. The van der Waals surface area contributed by atoms with Crippen LogP contribution in [0.5, 0.6) is 0 Å². The van der Waals surface area contributed by atoms with Crippen molar-refractivity contribution in [2.45, 2.75) is 12.1 Å². The summed E-state index contributed by atoms with van der Waals surface area (Å²) >= 11 is 2.12. The molecule has 4 heteroatoms. The first kappa shape index (κ1) is 11.7. The van der Waals surface area contributed by atoms with Crippen molar-refractivity contribution in [3.8, 4) is 0 Å². The molecule has 2 unspecified atom stereocenters. The second-order valence-corrected chi connectivity index (χ2v) is 6.08. The lowest BCUT2D eigenvalue weighted by atomic mass is 10.0. The normalized spacial score (nSPS) is 37.0. The smallest absolute Gasteiger partial charge is 0.0384 e. The third-order valence-electron chi connectivity index (χ3n) is 3.79. The molecule has 0 spiro atoms. The van der Waals surface area contributed by atoms with Crippen molar-refractivity contribution in [1.82, 2.24) is 14.7 Å². The second kappa shape index (κ2) is 5.04. The van der Waals surface area contributed by atoms with Crippen molar-refractivity contribution in [2.75, 3.05) is 58.8 Å². The Labute approximate surface area is 97.8 Å². The van der Waals surface area contributed by atoms with E-state index >= 15 is 0 Å². The minimum absolute atomic E-state index is 0.724. The summed E-state index contributed by atoms with van der Waals surface area (Å²) in [7, 11) is 6.81. The molecule has 88 valence electrons. The van der Waals surface area contributed by atoms with Crippen molar-refractivity contribution >= 4 is 11.8 Å². The third kappa shape index (κ3) is 2.67. The van der Waals surface area contributed by atoms with Crippen LogP contribution >= 0.6 is 11.8 Å². The summed E-state index contributed by atoms with van der Waals surface area (Å²) in [6, 6.07) is 1.47. The van der Waals surface area contributed by atoms with Crippen LogP contribution in [0.3, 0.4) is 0 Å². The van der Waals surface area contributed by atoms with E-state index in [-0.39, 0.29) is 0 Å². The van der Waals surface area contributed by atoms with Gasteiger partial charge in [-0.3, -0.25) is 4.90 Å². The van der Waals surface area contributed by atoms with Gasteiger partial charge in [-0.1, -0.05) is 0 Å². The Morgan fingerprint density at radius 1 is 0.933 bits per heavy atom. The molecular formula is C11H23N3S. The standard InChI is InChI=1S/C11H23N3S/c1-12-4-5-13(2)10(8-12)11-9-15-7-6-14(11)3/h10-11H,4-9H2,1-3H3. The fraction of sp³-hybridized carbons (Fsp3) is 1.00. The molecule has 2 saturated heterocycles. The molecule has 3 nitrogen and oxygen atoms in total. The molecule has 2 rings (SSSR count). The summed E-state index contributed by atoms with van der Waals surface area (Å²) in [5.41, 5.74) is 0. The zero-order valence-electron chi connectivity index (χ0n) is 10.1. The zero-order chi connectivity index (χ0) is 10.8. The highest BCUT2D eigenvalue weighted by Crippen LogP contribution is 2.22. The summed E-state index contributed by atoms with van der Waals surface area (Å²) in [6.07, 6.45) is 0. The summed E-state index contributed by atoms with van der Waals surface area (Å²) in [5, 5.41) is 0. The molecular weight excluding hydrogens is 206 g/mol. The van der Waals surface area contributed by atoms with Crippen molar-refractivity contribution in [3.05, 3.63) is 0 Å². The second-order valence-electron chi connectivity index (χ2n) is 4.93. The van der Waals surface area contributed by atoms with Gasteiger partial charge in [0.2, 0.25) is 0 Å². The molecule has 2 fully saturated rings. The Balaban J connectivity index is 1.99. The average molecular weight is 229 g/mol. The van der Waals surface area contributed by atoms with Crippen LogP contribution < -0.4 is 0 Å². The maximum atomic E-state index is 2.55. The predicted molar refractivity (Wildman–Crippen MR) is 67.7 cm³/mol. The fourth-order valence-electron chi connectivity index (χ4n) is 2.57. The Morgan fingerprint density at radius 2 is 1.67 bits per heavy atom. The molecule has 0 aromatic heterocycles. The Bertz CT molecular complexity index is 212. The van der Waals surface area contributed by atoms with Crippen LogP contribution in [-0.4, -0.2) is 85.6 Å². The number of nitrogens with zero attached hydrogens (tertiary/aromatic N) is 3. The lowest BCUT2D eigenvalue weighted by Gasteiger charge is -2.46. The van der Waals surface area contributed by atoms with E-state index in [1.165, 1.54) is 37.7 Å². The fourth-order valence-corrected chi connectivity index (χ4v) is 3.87. The van der Waals surface area contributed by atoms with Crippen LogP contribution in [0.15, 0.2) is 0 Å². The van der Waals surface area contributed by atoms with E-state index in [1.807, 2.05) is 0 Å². The van der Waals surface area contributed by atoms with Crippen LogP contribution in [0.4, 0.5) is 0 Å². The highest BCUT2D eigenvalue weighted by atomic mass is 32.2. The van der Waals surface area contributed by atoms with Gasteiger partial charge in [0.25, 0.3) is 0 Å². The van der Waals surface area contributed by atoms with Crippen LogP contribution in [-0.2, 0) is 0 Å². The molecule has 0 saturated carbocycles. The van der Waals surface area contributed by atoms with E-state index in [0.717, 1.165) is 12.1 Å². The molecule has 15 heavy (non-hydrogen) atoms. The molecule has 2 atom stereocenters. The first-order chi connectivity index (χ1) is 7.18. The van der Waals surface area contributed by atoms with Crippen molar-refractivity contribution in [2.24, 2.45) is 0 Å². The molecule has 0 N–H and O–H groups in total. The molecule has 0 bridgehead atoms. The van der Waals surface area contributed by atoms with Crippen LogP contribution in [0.2, 0.25) is 0 Å². The summed E-state index contributed by atoms with van der Waals surface area (Å²) < 4.78 is 0. The Hall–Kier alpha value is 0.230. The minimum Gasteiger partial charge on any atom is -0.303 e. The largest absolute Gasteiger partial charge is 0.303 e. The van der Waals surface area contributed by atoms with Gasteiger partial charge in [-0.05, 0) is 21.1 Å². The monoisotopic (exact) mass is 229 g/mol. The lowest BCUT2D eigenvalue weighted by molar-refractivity contribution is 0.0568. The lowest BCUT2D eigenvalue weighted by Crippen LogP contribution is -2.60. The summed E-state index contributed by atoms with van der Waals surface area (Å²) in [6.45, 7) is 4.92. The van der Waals surface area contributed by atoms with E-state index in [9.17, 15) is 0 Å². The van der Waals surface area contributed by atoms with E-state index in [0.29, 0.717) is 0 Å². The van der Waals surface area contributed by atoms with E-state index in [4.69, 9.17) is 0 Å². The molecule has 0 radical (unpaired) electrons. The number of rotatable bonds is 1. The molecule has 0 amide bonds. The molecule has 0 aliphatic carbocycles. The Kier molecular flexibility index (Phi) is 3.93. The summed E-state index contributed by atoms with van der Waals surface area (Å²) in [4.78, 5) is 7.57. The maximum Gasteiger partial charge on any atom is 0.0384 e. The molecule has 0 aromatic rings. The van der Waals surface area contributed by atoms with E-state index in [2.05, 4.69) is 47.6 Å². The Morgan fingerprint density at radius 3 is 2.40 bits per heavy atom. The van der Waals surface area contributed by atoms with Crippen molar-refractivity contribution < 1.29 is 0 Å².